The summed E-state index contributed by atoms with van der Waals surface area (Å²) < 4.78 is 0. The Morgan fingerprint density at radius 2 is 1.96 bits per heavy atom. The van der Waals surface area contributed by atoms with Crippen molar-refractivity contribution in [2.24, 2.45) is 0 Å². The summed E-state index contributed by atoms with van der Waals surface area (Å²) in [5.41, 5.74) is 3.13. The van der Waals surface area contributed by atoms with Gasteiger partial charge in [-0.3, -0.25) is 9.59 Å². The van der Waals surface area contributed by atoms with E-state index < -0.39 is 0 Å². The number of ketones is 2. The topological polar surface area (TPSA) is 37.4 Å². The summed E-state index contributed by atoms with van der Waals surface area (Å²) in [6, 6.07) is 7.02. The smallest absolute Gasteiger partial charge is 0.207 e. The highest BCUT2D eigenvalue weighted by molar-refractivity contribution is 8.04. The van der Waals surface area contributed by atoms with Crippen LogP contribution in [0.1, 0.15) is 30.6 Å². The average molecular weight is 358 g/mol. The van der Waals surface area contributed by atoms with E-state index in [9.17, 15) is 9.59 Å². The molecule has 0 aromatic heterocycles. The highest BCUT2D eigenvalue weighted by Gasteiger charge is 2.47. The van der Waals surface area contributed by atoms with Gasteiger partial charge in [-0.15, -0.1) is 11.8 Å². The molecule has 0 saturated carbocycles. The number of hydrogen-bond donors (Lipinski definition) is 0. The van der Waals surface area contributed by atoms with E-state index in [0.717, 1.165) is 28.3 Å². The number of benzene rings is 1. The molecular weight excluding hydrogens is 342 g/mol. The van der Waals surface area contributed by atoms with E-state index in [2.05, 4.69) is 11.0 Å². The lowest BCUT2D eigenvalue weighted by Crippen LogP contribution is -2.47. The third kappa shape index (κ3) is 2.20. The summed E-state index contributed by atoms with van der Waals surface area (Å²) in [5, 5.41) is 0.390. The molecule has 0 saturated heterocycles. The van der Waals surface area contributed by atoms with Crippen LogP contribution in [0.5, 0.6) is 0 Å². The van der Waals surface area contributed by atoms with Gasteiger partial charge in [0.15, 0.2) is 5.78 Å². The van der Waals surface area contributed by atoms with Crippen LogP contribution in [0.25, 0.3) is 0 Å². The van der Waals surface area contributed by atoms with Crippen LogP contribution < -0.4 is 0 Å². The van der Waals surface area contributed by atoms with Crippen molar-refractivity contribution in [3.05, 3.63) is 68.9 Å². The minimum absolute atomic E-state index is 0.0155. The first-order valence-electron chi connectivity index (χ1n) is 7.87. The van der Waals surface area contributed by atoms with E-state index >= 15 is 0 Å². The lowest BCUT2D eigenvalue weighted by molar-refractivity contribution is -0.112. The Hall–Kier alpha value is -1.78. The Bertz CT molecular complexity index is 851. The van der Waals surface area contributed by atoms with Crippen LogP contribution >= 0.6 is 23.4 Å². The van der Waals surface area contributed by atoms with E-state index in [-0.39, 0.29) is 22.9 Å². The number of carbonyl (C=O) groups is 2. The summed E-state index contributed by atoms with van der Waals surface area (Å²) in [4.78, 5) is 28.7. The summed E-state index contributed by atoms with van der Waals surface area (Å²) >= 11 is 7.45. The van der Waals surface area contributed by atoms with Gasteiger partial charge in [-0.1, -0.05) is 17.7 Å². The molecule has 4 rings (SSSR count). The Kier molecular flexibility index (Phi) is 3.70. The first-order valence-corrected chi connectivity index (χ1v) is 9.13. The van der Waals surface area contributed by atoms with Crippen molar-refractivity contribution in [3.8, 4) is 0 Å². The minimum Gasteiger partial charge on any atom is -0.332 e. The summed E-state index contributed by atoms with van der Waals surface area (Å²) in [7, 11) is 0. The van der Waals surface area contributed by atoms with E-state index in [1.807, 2.05) is 19.9 Å². The van der Waals surface area contributed by atoms with Crippen molar-refractivity contribution in [1.82, 2.24) is 4.90 Å². The van der Waals surface area contributed by atoms with Gasteiger partial charge >= 0.3 is 0 Å². The lowest BCUT2D eigenvalue weighted by atomic mass is 9.96. The number of halogens is 1. The fourth-order valence-electron chi connectivity index (χ4n) is 3.60. The molecule has 0 aliphatic carbocycles. The van der Waals surface area contributed by atoms with E-state index in [0.29, 0.717) is 10.6 Å². The number of nitrogens with zero attached hydrogens (tertiary/aromatic N) is 1. The molecule has 1 aromatic rings. The molecule has 3 aliphatic rings. The van der Waals surface area contributed by atoms with Crippen molar-refractivity contribution in [2.75, 3.05) is 0 Å². The maximum absolute atomic E-state index is 13.1. The zero-order chi connectivity index (χ0) is 17.0. The highest BCUT2D eigenvalue weighted by atomic mass is 35.5. The molecule has 122 valence electrons. The van der Waals surface area contributed by atoms with Crippen LogP contribution in [0.2, 0.25) is 5.02 Å². The van der Waals surface area contributed by atoms with E-state index in [4.69, 9.17) is 11.6 Å². The van der Waals surface area contributed by atoms with Crippen molar-refractivity contribution in [3.63, 3.8) is 0 Å². The zero-order valence-corrected chi connectivity index (χ0v) is 14.9. The van der Waals surface area contributed by atoms with Gasteiger partial charge in [0.05, 0.1) is 17.0 Å². The number of carbonyl (C=O) groups excluding carboxylic acids is 2. The van der Waals surface area contributed by atoms with Gasteiger partial charge in [-0.05, 0) is 50.6 Å². The molecule has 0 unspecified atom stereocenters. The number of rotatable bonds is 2. The highest BCUT2D eigenvalue weighted by Crippen LogP contribution is 2.47. The minimum atomic E-state index is -0.228. The number of thioether (sulfide) groups is 1. The molecular formula is C19H16ClNO2S. The van der Waals surface area contributed by atoms with Gasteiger partial charge in [0.1, 0.15) is 0 Å². The molecule has 0 amide bonds. The van der Waals surface area contributed by atoms with Crippen molar-refractivity contribution in [1.29, 1.82) is 0 Å². The molecule has 5 heteroatoms. The van der Waals surface area contributed by atoms with Gasteiger partial charge in [-0.25, -0.2) is 0 Å². The van der Waals surface area contributed by atoms with Crippen molar-refractivity contribution < 1.29 is 9.59 Å². The summed E-state index contributed by atoms with van der Waals surface area (Å²) in [5.74, 6) is 0.177. The second-order valence-electron chi connectivity index (χ2n) is 6.23. The van der Waals surface area contributed by atoms with E-state index in [1.165, 1.54) is 11.8 Å². The second-order valence-corrected chi connectivity index (χ2v) is 8.02. The van der Waals surface area contributed by atoms with Crippen molar-refractivity contribution in [2.45, 2.75) is 31.6 Å². The Morgan fingerprint density at radius 1 is 1.25 bits per heavy atom. The Morgan fingerprint density at radius 3 is 2.67 bits per heavy atom. The predicted octanol–water partition coefficient (Wildman–Crippen LogP) is 4.36. The van der Waals surface area contributed by atoms with Gasteiger partial charge < -0.3 is 4.90 Å². The zero-order valence-electron chi connectivity index (χ0n) is 13.4. The van der Waals surface area contributed by atoms with Gasteiger partial charge in [0.2, 0.25) is 5.78 Å². The van der Waals surface area contributed by atoms with E-state index in [1.54, 1.807) is 24.3 Å². The normalized spacial score (nSPS) is 25.5. The van der Waals surface area contributed by atoms with Gasteiger partial charge in [0.25, 0.3) is 0 Å². The molecule has 2 atom stereocenters. The predicted molar refractivity (Wildman–Crippen MR) is 97.0 cm³/mol. The summed E-state index contributed by atoms with van der Waals surface area (Å²) in [6.07, 6.45) is 4.83. The fraction of sp³-hybridized carbons (Fsp3) is 0.263. The molecule has 0 fully saturated rings. The standard InChI is InChI=1S/C19H16ClNO2S/c1-10-14-4-3-5-15-19(18(23)12-6-8-13(20)9-7-12)24-11(2)16(17(10)22)21(14)15/h3-4,6-9,15,19H,5H2,1-2H3/t15-,19+/m0/s1. The fourth-order valence-corrected chi connectivity index (χ4v) is 5.04. The Labute approximate surface area is 150 Å². The first kappa shape index (κ1) is 15.7. The molecule has 24 heavy (non-hydrogen) atoms. The SMILES string of the molecule is CC1=C2C(=O)C(C)=C3C=CC[C@@H]([C@H](C(=O)c4ccc(Cl)cc4)S1)N32. The molecule has 1 aromatic carbocycles. The monoisotopic (exact) mass is 357 g/mol. The molecule has 3 heterocycles. The lowest BCUT2D eigenvalue weighted by Gasteiger charge is -2.42. The quantitative estimate of drug-likeness (QED) is 0.737. The summed E-state index contributed by atoms with van der Waals surface area (Å²) in [6.45, 7) is 3.80. The molecule has 3 nitrogen and oxygen atoms in total. The average Bonchev–Trinajstić information content (AvgIpc) is 2.84. The first-order chi connectivity index (χ1) is 11.5. The van der Waals surface area contributed by atoms with Crippen LogP contribution in [0.4, 0.5) is 0 Å². The number of allylic oxidation sites excluding steroid dienone is 3. The maximum atomic E-state index is 13.1. The van der Waals surface area contributed by atoms with Gasteiger partial charge in [0, 0.05) is 26.8 Å². The largest absolute Gasteiger partial charge is 0.332 e. The third-order valence-corrected chi connectivity index (χ3v) is 6.38. The third-order valence-electron chi connectivity index (χ3n) is 4.80. The molecule has 3 aliphatic heterocycles. The van der Waals surface area contributed by atoms with Crippen LogP contribution in [-0.2, 0) is 4.79 Å². The molecule has 0 radical (unpaired) electrons. The maximum Gasteiger partial charge on any atom is 0.207 e. The van der Waals surface area contributed by atoms with Crippen LogP contribution in [0, 0.1) is 0 Å². The second kappa shape index (κ2) is 5.64. The Balaban J connectivity index is 1.77. The van der Waals surface area contributed by atoms with Crippen LogP contribution in [-0.4, -0.2) is 27.8 Å². The molecule has 0 N–H and O–H groups in total. The molecule has 0 spiro atoms. The van der Waals surface area contributed by atoms with Crippen LogP contribution in [0.15, 0.2) is 58.3 Å². The van der Waals surface area contributed by atoms with Gasteiger partial charge in [-0.2, -0.15) is 0 Å². The van der Waals surface area contributed by atoms with Crippen molar-refractivity contribution >= 4 is 34.9 Å². The number of Topliss-reactive ketones (excluding diaryl/α,β-unsaturated/α-hetero) is 2. The molecule has 0 bridgehead atoms. The van der Waals surface area contributed by atoms with Crippen LogP contribution in [0.3, 0.4) is 0 Å². The number of hydrogen-bond acceptors (Lipinski definition) is 4.